The predicted octanol–water partition coefficient (Wildman–Crippen LogP) is 5.38. The zero-order valence-corrected chi connectivity index (χ0v) is 19.1. The summed E-state index contributed by atoms with van der Waals surface area (Å²) in [5.41, 5.74) is 1.70. The predicted molar refractivity (Wildman–Crippen MR) is 122 cm³/mol. The van der Waals surface area contributed by atoms with Crippen molar-refractivity contribution in [3.05, 3.63) is 70.8 Å². The van der Waals surface area contributed by atoms with Crippen molar-refractivity contribution in [1.82, 2.24) is 4.90 Å². The van der Waals surface area contributed by atoms with Crippen LogP contribution in [0.15, 0.2) is 54.6 Å². The number of hydrogen-bond donors (Lipinski definition) is 0. The highest BCUT2D eigenvalue weighted by atomic mass is 35.5. The van der Waals surface area contributed by atoms with Crippen LogP contribution in [-0.4, -0.2) is 41.6 Å². The van der Waals surface area contributed by atoms with Gasteiger partial charge in [-0.05, 0) is 81.7 Å². The molecule has 0 fully saturated rings. The second-order valence-corrected chi connectivity index (χ2v) is 8.77. The molecule has 0 N–H and O–H groups in total. The molecule has 0 bridgehead atoms. The first-order chi connectivity index (χ1) is 14.7. The first kappa shape index (κ1) is 22.9. The summed E-state index contributed by atoms with van der Waals surface area (Å²) < 4.78 is 11.2. The van der Waals surface area contributed by atoms with Gasteiger partial charge in [0.05, 0.1) is 6.10 Å². The van der Waals surface area contributed by atoms with Crippen molar-refractivity contribution in [2.45, 2.75) is 45.8 Å². The largest absolute Gasteiger partial charge is 0.476 e. The van der Waals surface area contributed by atoms with Gasteiger partial charge in [-0.3, -0.25) is 4.79 Å². The maximum Gasteiger partial charge on any atom is 0.350 e. The summed E-state index contributed by atoms with van der Waals surface area (Å²) in [5, 5.41) is 0.611. The van der Waals surface area contributed by atoms with E-state index in [4.69, 9.17) is 21.1 Å². The average Bonchev–Trinajstić information content (AvgIpc) is 2.73. The quantitative estimate of drug-likeness (QED) is 0.565. The first-order valence-corrected chi connectivity index (χ1v) is 10.8. The Morgan fingerprint density at radius 1 is 1.10 bits per heavy atom. The molecular formula is C25H28ClNO4. The summed E-state index contributed by atoms with van der Waals surface area (Å²) in [6, 6.07) is 14.6. The number of amides is 1. The normalized spacial score (nSPS) is 14.3. The number of benzene rings is 2. The van der Waals surface area contributed by atoms with Gasteiger partial charge in [-0.25, -0.2) is 4.79 Å². The minimum atomic E-state index is -1.09. The molecule has 0 aliphatic carbocycles. The van der Waals surface area contributed by atoms with Crippen molar-refractivity contribution in [2.24, 2.45) is 0 Å². The lowest BCUT2D eigenvalue weighted by molar-refractivity contribution is -0.163. The van der Waals surface area contributed by atoms with Crippen LogP contribution >= 0.6 is 11.6 Å². The lowest BCUT2D eigenvalue weighted by Crippen LogP contribution is -2.40. The van der Waals surface area contributed by atoms with Crippen LogP contribution in [0.2, 0.25) is 5.02 Å². The molecule has 2 aromatic rings. The number of rotatable bonds is 6. The van der Waals surface area contributed by atoms with Crippen molar-refractivity contribution in [3.63, 3.8) is 0 Å². The molecule has 0 saturated heterocycles. The molecule has 0 unspecified atom stereocenters. The molecule has 0 spiro atoms. The number of nitrogens with zero attached hydrogens (tertiary/aromatic N) is 1. The van der Waals surface area contributed by atoms with E-state index in [-0.39, 0.29) is 12.0 Å². The highest BCUT2D eigenvalue weighted by molar-refractivity contribution is 6.30. The number of ether oxygens (including phenoxy) is 2. The molecule has 1 amide bonds. The summed E-state index contributed by atoms with van der Waals surface area (Å²) in [6.07, 6.45) is 2.60. The van der Waals surface area contributed by atoms with Gasteiger partial charge in [0.25, 0.3) is 5.91 Å². The van der Waals surface area contributed by atoms with Crippen molar-refractivity contribution in [3.8, 4) is 5.75 Å². The molecule has 0 saturated carbocycles. The van der Waals surface area contributed by atoms with Crippen LogP contribution in [0, 0.1) is 0 Å². The Kier molecular flexibility index (Phi) is 7.06. The molecule has 0 radical (unpaired) electrons. The summed E-state index contributed by atoms with van der Waals surface area (Å²) in [7, 11) is 0. The maximum absolute atomic E-state index is 12.7. The lowest BCUT2D eigenvalue weighted by Gasteiger charge is -2.28. The Morgan fingerprint density at radius 3 is 2.42 bits per heavy atom. The molecule has 6 heteroatoms. The number of halogens is 1. The van der Waals surface area contributed by atoms with Gasteiger partial charge in [0.2, 0.25) is 0 Å². The molecule has 31 heavy (non-hydrogen) atoms. The second kappa shape index (κ2) is 9.56. The van der Waals surface area contributed by atoms with Gasteiger partial charge in [0.1, 0.15) is 5.75 Å². The highest BCUT2D eigenvalue weighted by Crippen LogP contribution is 2.28. The molecule has 0 atom stereocenters. The summed E-state index contributed by atoms with van der Waals surface area (Å²) >= 11 is 5.91. The first-order valence-electron chi connectivity index (χ1n) is 10.4. The fourth-order valence-electron chi connectivity index (χ4n) is 3.34. The fourth-order valence-corrected chi connectivity index (χ4v) is 3.47. The molecule has 3 rings (SSSR count). The third-order valence-electron chi connectivity index (χ3n) is 5.00. The Bertz CT molecular complexity index is 979. The van der Waals surface area contributed by atoms with Crippen LogP contribution in [0.3, 0.4) is 0 Å². The van der Waals surface area contributed by atoms with Gasteiger partial charge in [-0.2, -0.15) is 0 Å². The minimum Gasteiger partial charge on any atom is -0.476 e. The van der Waals surface area contributed by atoms with E-state index in [2.05, 4.69) is 6.08 Å². The lowest BCUT2D eigenvalue weighted by atomic mass is 9.98. The third-order valence-corrected chi connectivity index (χ3v) is 5.25. The van der Waals surface area contributed by atoms with E-state index in [1.165, 1.54) is 0 Å². The molecule has 5 nitrogen and oxygen atoms in total. The Balaban J connectivity index is 1.68. The van der Waals surface area contributed by atoms with Crippen LogP contribution in [0.25, 0.3) is 5.57 Å². The van der Waals surface area contributed by atoms with Gasteiger partial charge in [-0.1, -0.05) is 29.8 Å². The topological polar surface area (TPSA) is 55.8 Å². The number of esters is 1. The Morgan fingerprint density at radius 2 is 1.81 bits per heavy atom. The summed E-state index contributed by atoms with van der Waals surface area (Å²) in [4.78, 5) is 26.8. The highest BCUT2D eigenvalue weighted by Gasteiger charge is 2.32. The van der Waals surface area contributed by atoms with Crippen molar-refractivity contribution < 1.29 is 19.1 Å². The second-order valence-electron chi connectivity index (χ2n) is 8.33. The molecule has 0 aromatic heterocycles. The zero-order chi connectivity index (χ0) is 22.6. The smallest absolute Gasteiger partial charge is 0.350 e. The van der Waals surface area contributed by atoms with E-state index in [1.807, 2.05) is 43.0 Å². The van der Waals surface area contributed by atoms with Crippen LogP contribution in [-0.2, 0) is 9.53 Å². The van der Waals surface area contributed by atoms with Crippen molar-refractivity contribution in [1.29, 1.82) is 0 Å². The number of carbonyl (C=O) groups excluding carboxylic acids is 2. The van der Waals surface area contributed by atoms with Crippen LogP contribution < -0.4 is 4.74 Å². The Labute approximate surface area is 188 Å². The molecule has 1 aliphatic heterocycles. The molecule has 164 valence electrons. The summed E-state index contributed by atoms with van der Waals surface area (Å²) in [5.74, 6) is 0.194. The number of carbonyl (C=O) groups is 2. The monoisotopic (exact) mass is 441 g/mol. The molecule has 1 aliphatic rings. The number of hydrogen-bond acceptors (Lipinski definition) is 4. The van der Waals surface area contributed by atoms with Gasteiger partial charge < -0.3 is 14.4 Å². The van der Waals surface area contributed by atoms with E-state index < -0.39 is 11.6 Å². The van der Waals surface area contributed by atoms with E-state index in [9.17, 15) is 9.59 Å². The van der Waals surface area contributed by atoms with E-state index in [0.29, 0.717) is 29.4 Å². The van der Waals surface area contributed by atoms with Gasteiger partial charge in [0.15, 0.2) is 5.60 Å². The Hall–Kier alpha value is -2.79. The van der Waals surface area contributed by atoms with Gasteiger partial charge in [-0.15, -0.1) is 0 Å². The van der Waals surface area contributed by atoms with Gasteiger partial charge in [0, 0.05) is 23.7 Å². The van der Waals surface area contributed by atoms with Crippen molar-refractivity contribution >= 4 is 29.1 Å². The average molecular weight is 442 g/mol. The van der Waals surface area contributed by atoms with E-state index in [0.717, 1.165) is 17.6 Å². The fraction of sp³-hybridized carbons (Fsp3) is 0.360. The molecular weight excluding hydrogens is 414 g/mol. The van der Waals surface area contributed by atoms with E-state index >= 15 is 0 Å². The van der Waals surface area contributed by atoms with Crippen molar-refractivity contribution in [2.75, 3.05) is 13.1 Å². The summed E-state index contributed by atoms with van der Waals surface area (Å²) in [6.45, 7) is 8.18. The SMILES string of the molecule is CC(C)OC(=O)C(C)(C)Oc1cccc(C2=CCN(C(=O)c3ccc(Cl)cc3)CC2)c1. The third kappa shape index (κ3) is 5.88. The standard InChI is InChI=1S/C25H28ClNO4/c1-17(2)30-24(29)25(3,4)31-22-7-5-6-20(16-22)18-12-14-27(15-13-18)23(28)19-8-10-21(26)11-9-19/h5-12,16-17H,13-15H2,1-4H3. The van der Waals surface area contributed by atoms with E-state index in [1.54, 1.807) is 38.1 Å². The van der Waals surface area contributed by atoms with Gasteiger partial charge >= 0.3 is 5.97 Å². The van der Waals surface area contributed by atoms with Crippen LogP contribution in [0.5, 0.6) is 5.75 Å². The van der Waals surface area contributed by atoms with Crippen LogP contribution in [0.1, 0.15) is 50.0 Å². The molecule has 1 heterocycles. The zero-order valence-electron chi connectivity index (χ0n) is 18.4. The minimum absolute atomic E-state index is 0.00512. The molecule has 2 aromatic carbocycles. The van der Waals surface area contributed by atoms with Crippen LogP contribution in [0.4, 0.5) is 0 Å². The maximum atomic E-state index is 12.7.